The fourth-order valence-electron chi connectivity index (χ4n) is 2.88. The highest BCUT2D eigenvalue weighted by atomic mass is 16.2. The molecule has 2 N–H and O–H groups in total. The Morgan fingerprint density at radius 3 is 2.71 bits per heavy atom. The Kier molecular flexibility index (Phi) is 9.73. The number of hydrogen-bond acceptors (Lipinski definition) is 2. The summed E-state index contributed by atoms with van der Waals surface area (Å²) >= 11 is 0. The van der Waals surface area contributed by atoms with Gasteiger partial charge in [-0.3, -0.25) is 9.59 Å². The van der Waals surface area contributed by atoms with Crippen molar-refractivity contribution in [3.8, 4) is 0 Å². The Morgan fingerprint density at radius 1 is 1.21 bits per heavy atom. The molecule has 1 fully saturated rings. The van der Waals surface area contributed by atoms with Crippen LogP contribution >= 0.6 is 0 Å². The zero-order chi connectivity index (χ0) is 17.8. The maximum absolute atomic E-state index is 12.5. The number of allylic oxidation sites excluding steroid dienone is 2. The lowest BCUT2D eigenvalue weighted by Crippen LogP contribution is -2.49. The lowest BCUT2D eigenvalue weighted by molar-refractivity contribution is -0.133. The van der Waals surface area contributed by atoms with Crippen LogP contribution in [0.5, 0.6) is 0 Å². The van der Waals surface area contributed by atoms with E-state index < -0.39 is 5.41 Å². The van der Waals surface area contributed by atoms with Gasteiger partial charge in [-0.2, -0.15) is 0 Å². The summed E-state index contributed by atoms with van der Waals surface area (Å²) in [5.74, 6) is -0.0728. The highest BCUT2D eigenvalue weighted by Gasteiger charge is 2.30. The maximum Gasteiger partial charge on any atom is 0.242 e. The van der Waals surface area contributed by atoms with Crippen LogP contribution in [0.4, 0.5) is 0 Å². The van der Waals surface area contributed by atoms with Crippen molar-refractivity contribution in [2.45, 2.75) is 91.0 Å². The molecule has 1 aliphatic rings. The second-order valence-corrected chi connectivity index (χ2v) is 7.58. The summed E-state index contributed by atoms with van der Waals surface area (Å²) in [6.45, 7) is 6.84. The third-order valence-corrected chi connectivity index (χ3v) is 4.72. The van der Waals surface area contributed by atoms with Crippen LogP contribution in [0.2, 0.25) is 0 Å². The van der Waals surface area contributed by atoms with Gasteiger partial charge in [0.25, 0.3) is 0 Å². The fraction of sp³-hybridized carbons (Fsp3) is 0.800. The molecule has 0 spiro atoms. The molecule has 1 rings (SSSR count). The number of rotatable bonds is 10. The molecule has 1 heterocycles. The first kappa shape index (κ1) is 20.7. The van der Waals surface area contributed by atoms with Gasteiger partial charge in [-0.15, -0.1) is 0 Å². The Balaban J connectivity index is 2.32. The number of amides is 2. The van der Waals surface area contributed by atoms with E-state index in [1.807, 2.05) is 13.8 Å². The van der Waals surface area contributed by atoms with E-state index in [0.717, 1.165) is 32.2 Å². The quantitative estimate of drug-likeness (QED) is 0.466. The lowest BCUT2D eigenvalue weighted by atomic mass is 9.87. The molecule has 0 radical (unpaired) electrons. The van der Waals surface area contributed by atoms with Gasteiger partial charge >= 0.3 is 0 Å². The van der Waals surface area contributed by atoms with E-state index in [-0.39, 0.29) is 17.9 Å². The summed E-state index contributed by atoms with van der Waals surface area (Å²) in [6.07, 6.45) is 15.3. The number of nitrogens with one attached hydrogen (secondary N) is 2. The van der Waals surface area contributed by atoms with E-state index in [0.29, 0.717) is 6.42 Å². The van der Waals surface area contributed by atoms with E-state index in [1.54, 1.807) is 0 Å². The van der Waals surface area contributed by atoms with Crippen LogP contribution in [0.3, 0.4) is 0 Å². The smallest absolute Gasteiger partial charge is 0.242 e. The average Bonchev–Trinajstić information content (AvgIpc) is 2.75. The van der Waals surface area contributed by atoms with Crippen molar-refractivity contribution >= 4 is 11.8 Å². The minimum absolute atomic E-state index is 0.0304. The zero-order valence-electron chi connectivity index (χ0n) is 15.8. The molecule has 0 saturated carbocycles. The van der Waals surface area contributed by atoms with Crippen molar-refractivity contribution in [3.63, 3.8) is 0 Å². The largest absolute Gasteiger partial charge is 0.354 e. The highest BCUT2D eigenvalue weighted by Crippen LogP contribution is 2.22. The highest BCUT2D eigenvalue weighted by molar-refractivity contribution is 5.89. The maximum atomic E-state index is 12.5. The third kappa shape index (κ3) is 7.98. The molecule has 1 atom stereocenters. The molecule has 0 bridgehead atoms. The Bertz CT molecular complexity index is 416. The Morgan fingerprint density at radius 2 is 1.96 bits per heavy atom. The molecule has 0 aromatic heterocycles. The van der Waals surface area contributed by atoms with Crippen LogP contribution in [0.15, 0.2) is 12.2 Å². The number of carbonyl (C=O) groups excluding carboxylic acids is 2. The molecular weight excluding hydrogens is 300 g/mol. The van der Waals surface area contributed by atoms with E-state index >= 15 is 0 Å². The van der Waals surface area contributed by atoms with E-state index in [2.05, 4.69) is 29.7 Å². The Hall–Kier alpha value is -1.32. The van der Waals surface area contributed by atoms with Crippen molar-refractivity contribution < 1.29 is 9.59 Å². The van der Waals surface area contributed by atoms with Crippen LogP contribution in [-0.2, 0) is 9.59 Å². The standard InChI is InChI=1S/C20H36N2O2/c1-4-5-6-7-8-9-10-12-15-20(2,3)19(24)22-17-14-11-13-16-21-18(17)23/h10,12,17H,4-9,11,13-16H2,1-3H3,(H,21,23)(H,22,24)/b12-10+/t17-/m0/s1. The summed E-state index contributed by atoms with van der Waals surface area (Å²) in [5.41, 5.74) is -0.481. The average molecular weight is 337 g/mol. The SMILES string of the molecule is CCCCCCC/C=C/CC(C)(C)C(=O)N[C@H]1CCCCNC1=O. The molecule has 2 amide bonds. The number of hydrogen-bond donors (Lipinski definition) is 2. The minimum atomic E-state index is -0.481. The lowest BCUT2D eigenvalue weighted by Gasteiger charge is -2.25. The zero-order valence-corrected chi connectivity index (χ0v) is 15.8. The first-order chi connectivity index (χ1) is 11.5. The first-order valence-corrected chi connectivity index (χ1v) is 9.71. The molecule has 24 heavy (non-hydrogen) atoms. The van der Waals surface area contributed by atoms with Gasteiger partial charge in [0, 0.05) is 12.0 Å². The van der Waals surface area contributed by atoms with Crippen molar-refractivity contribution in [2.24, 2.45) is 5.41 Å². The van der Waals surface area contributed by atoms with Gasteiger partial charge in [0.15, 0.2) is 0 Å². The van der Waals surface area contributed by atoms with Gasteiger partial charge < -0.3 is 10.6 Å². The molecule has 4 nitrogen and oxygen atoms in total. The van der Waals surface area contributed by atoms with E-state index in [9.17, 15) is 9.59 Å². The molecule has 138 valence electrons. The predicted octanol–water partition coefficient (Wildman–Crippen LogP) is 4.10. The summed E-state index contributed by atoms with van der Waals surface area (Å²) in [7, 11) is 0. The Labute approximate surface area is 147 Å². The van der Waals surface area contributed by atoms with Crippen LogP contribution in [-0.4, -0.2) is 24.4 Å². The molecule has 4 heteroatoms. The van der Waals surface area contributed by atoms with E-state index in [4.69, 9.17) is 0 Å². The number of carbonyl (C=O) groups is 2. The monoisotopic (exact) mass is 336 g/mol. The molecule has 1 saturated heterocycles. The van der Waals surface area contributed by atoms with E-state index in [1.165, 1.54) is 32.1 Å². The third-order valence-electron chi connectivity index (χ3n) is 4.72. The van der Waals surface area contributed by atoms with Crippen LogP contribution < -0.4 is 10.6 Å². The van der Waals surface area contributed by atoms with Crippen molar-refractivity contribution in [1.29, 1.82) is 0 Å². The van der Waals surface area contributed by atoms with Crippen molar-refractivity contribution in [2.75, 3.05) is 6.54 Å². The summed E-state index contributed by atoms with van der Waals surface area (Å²) in [4.78, 5) is 24.4. The topological polar surface area (TPSA) is 58.2 Å². The second kappa shape index (κ2) is 11.3. The van der Waals surface area contributed by atoms with Gasteiger partial charge in [-0.05, 0) is 38.5 Å². The molecular formula is C20H36N2O2. The first-order valence-electron chi connectivity index (χ1n) is 9.71. The van der Waals surface area contributed by atoms with Crippen LogP contribution in [0.25, 0.3) is 0 Å². The molecule has 0 aromatic rings. The minimum Gasteiger partial charge on any atom is -0.354 e. The number of unbranched alkanes of at least 4 members (excludes halogenated alkanes) is 5. The van der Waals surface area contributed by atoms with Crippen molar-refractivity contribution in [3.05, 3.63) is 12.2 Å². The van der Waals surface area contributed by atoms with Gasteiger partial charge in [0.2, 0.25) is 11.8 Å². The van der Waals surface area contributed by atoms with Crippen LogP contribution in [0.1, 0.15) is 85.0 Å². The van der Waals surface area contributed by atoms with Crippen LogP contribution in [0, 0.1) is 5.41 Å². The molecule has 0 unspecified atom stereocenters. The molecule has 0 aromatic carbocycles. The predicted molar refractivity (Wildman–Crippen MR) is 99.7 cm³/mol. The van der Waals surface area contributed by atoms with Gasteiger partial charge in [0.05, 0.1) is 0 Å². The van der Waals surface area contributed by atoms with Gasteiger partial charge in [-0.1, -0.05) is 58.6 Å². The molecule has 1 aliphatic heterocycles. The van der Waals surface area contributed by atoms with Gasteiger partial charge in [-0.25, -0.2) is 0 Å². The van der Waals surface area contributed by atoms with Crippen molar-refractivity contribution in [1.82, 2.24) is 10.6 Å². The fourth-order valence-corrected chi connectivity index (χ4v) is 2.88. The summed E-state index contributed by atoms with van der Waals surface area (Å²) in [5, 5.41) is 5.80. The normalized spacial score (nSPS) is 19.1. The summed E-state index contributed by atoms with van der Waals surface area (Å²) in [6, 6.07) is -0.373. The second-order valence-electron chi connectivity index (χ2n) is 7.58. The van der Waals surface area contributed by atoms with Gasteiger partial charge in [0.1, 0.15) is 6.04 Å². The summed E-state index contributed by atoms with van der Waals surface area (Å²) < 4.78 is 0. The molecule has 0 aliphatic carbocycles.